The minimum absolute atomic E-state index is 0.411. The lowest BCUT2D eigenvalue weighted by atomic mass is 9.85. The number of para-hydroxylation sites is 1. The monoisotopic (exact) mass is 1390 g/mol. The van der Waals surface area contributed by atoms with E-state index < -0.39 is 16.8 Å². The number of pyridine rings is 1. The van der Waals surface area contributed by atoms with E-state index in [1.165, 1.54) is 55.6 Å². The maximum absolute atomic E-state index is 11.1. The van der Waals surface area contributed by atoms with Gasteiger partial charge in [-0.1, -0.05) is 220 Å². The van der Waals surface area contributed by atoms with E-state index in [-0.39, 0.29) is 0 Å². The van der Waals surface area contributed by atoms with Crippen LogP contribution in [0.15, 0.2) is 212 Å². The second-order valence-corrected chi connectivity index (χ2v) is 27.8. The van der Waals surface area contributed by atoms with Gasteiger partial charge in [0, 0.05) is 132 Å². The Balaban J connectivity index is 0.000000168. The van der Waals surface area contributed by atoms with Gasteiger partial charge in [-0.05, 0) is 144 Å². The number of fused-ring (bicyclic) bond motifs is 1. The Bertz CT molecular complexity index is 3800. The number of hydrogen-bond donors (Lipinski definition) is 6. The number of likely N-dealkylation sites (tertiary alicyclic amines) is 3. The van der Waals surface area contributed by atoms with Crippen molar-refractivity contribution < 1.29 is 30.0 Å². The van der Waals surface area contributed by atoms with E-state index >= 15 is 0 Å². The molecule has 0 aliphatic carbocycles. The number of aliphatic hydroxyl groups is 4. The lowest BCUT2D eigenvalue weighted by Crippen LogP contribution is -2.46. The fourth-order valence-corrected chi connectivity index (χ4v) is 13.7. The van der Waals surface area contributed by atoms with E-state index in [2.05, 4.69) is 244 Å². The molecule has 5 heterocycles. The normalized spacial score (nSPS) is 16.5. The summed E-state index contributed by atoms with van der Waals surface area (Å²) in [6.07, 6.45) is 8.76. The summed E-state index contributed by atoms with van der Waals surface area (Å²) in [5, 5.41) is 48.2. The molecule has 9 aromatic rings. The highest BCUT2D eigenvalue weighted by atomic mass is 79.9. The molecule has 1 aromatic heterocycles. The Kier molecular flexibility index (Phi) is 30.7. The van der Waals surface area contributed by atoms with E-state index in [1.807, 2.05) is 49.4 Å². The zero-order valence-electron chi connectivity index (χ0n) is 58.9. The smallest absolute Gasteiger partial charge is 0.135 e. The third-order valence-corrected chi connectivity index (χ3v) is 19.4. The van der Waals surface area contributed by atoms with Crippen molar-refractivity contribution in [2.24, 2.45) is 0 Å². The van der Waals surface area contributed by atoms with Crippen LogP contribution in [-0.2, 0) is 42.5 Å². The molecule has 0 unspecified atom stereocenters. The van der Waals surface area contributed by atoms with Gasteiger partial charge in [0.2, 0.25) is 0 Å². The van der Waals surface area contributed by atoms with Crippen LogP contribution >= 0.6 is 15.9 Å². The summed E-state index contributed by atoms with van der Waals surface area (Å²) in [6.45, 7) is 21.3. The molecule has 98 heavy (non-hydrogen) atoms. The van der Waals surface area contributed by atoms with E-state index in [0.717, 1.165) is 189 Å². The van der Waals surface area contributed by atoms with Gasteiger partial charge in [0.25, 0.3) is 0 Å². The Labute approximate surface area is 593 Å². The maximum Gasteiger partial charge on any atom is 0.135 e. The number of nitrogens with zero attached hydrogens (tertiary/aromatic N) is 4. The van der Waals surface area contributed by atoms with Crippen molar-refractivity contribution in [3.05, 3.63) is 274 Å². The van der Waals surface area contributed by atoms with E-state index in [9.17, 15) is 20.1 Å². The van der Waals surface area contributed by atoms with Gasteiger partial charge in [-0.3, -0.25) is 24.5 Å². The van der Waals surface area contributed by atoms with Crippen LogP contribution in [0.25, 0.3) is 10.9 Å². The predicted molar refractivity (Wildman–Crippen MR) is 408 cm³/mol. The standard InChI is InChI=1S/C31H35N3O2.C20H25NO.C13H19NO.C12H15NO.C8H9Br.CH4O/c1-23-7-5-8-25(19-23)22-31(35)13-15-34(16-14-31)17-18-36-27-10-6-9-26(21-27)33-30-20-24(2)32-29-12-4-3-11-28(29)30;1-17-6-5-9-19(14-17)15-20(22)10-12-21(13-11-20)16-18-7-3-2-4-8-18;1-11-3-2-4-12(9-11)10-13(15)5-7-14-8-6-13;14-12-6-8-13(9-7-12)10-11-4-2-1-3-5-11;1-7-3-2-4-8(5-7)6-9;1-2/h3-12,19-21,35H,13-18,22H2,1-2H3,(H,32,33);2-9,14,22H,10-13,15-16H2,1H3;2-4,9,14-15H,5-8,10H2,1H3;1-5H,6-10H2;2-5H,6H2,1H3;2H,1H3. The molecule has 0 radical (unpaired) electrons. The molecule has 4 aliphatic heterocycles. The van der Waals surface area contributed by atoms with Crippen molar-refractivity contribution in [2.45, 2.75) is 140 Å². The highest BCUT2D eigenvalue weighted by Crippen LogP contribution is 2.31. The highest BCUT2D eigenvalue weighted by Gasteiger charge is 2.34. The SMILES string of the molecule is CO.Cc1cccc(CBr)c1.Cc1cccc(CC2(O)CCN(CCOc3cccc(Nc4cc(C)nc5ccccc45)c3)CC2)c1.Cc1cccc(CC2(O)CCN(Cc3ccccc3)CC2)c1.Cc1cccc(CC2(O)CCNCC2)c1.O=C1CCN(Cc2ccccc2)CC1. The summed E-state index contributed by atoms with van der Waals surface area (Å²) >= 11 is 3.39. The molecule has 0 amide bonds. The molecular formula is C85H107BrN6O6. The largest absolute Gasteiger partial charge is 0.492 e. The molecule has 4 saturated heterocycles. The number of ether oxygens (including phenoxy) is 1. The first-order chi connectivity index (χ1) is 47.4. The van der Waals surface area contributed by atoms with E-state index in [0.29, 0.717) is 12.4 Å². The number of Topliss-reactive ketones (excluding diaryl/α,β-unsaturated/α-hetero) is 1. The molecule has 0 saturated carbocycles. The summed E-state index contributed by atoms with van der Waals surface area (Å²) in [7, 11) is 1.00. The van der Waals surface area contributed by atoms with Gasteiger partial charge in [-0.25, -0.2) is 0 Å². The molecule has 6 N–H and O–H groups in total. The van der Waals surface area contributed by atoms with Crippen molar-refractivity contribution >= 4 is 44.0 Å². The number of hydrogen-bond acceptors (Lipinski definition) is 12. The fraction of sp³-hybridized carbons (Fsp3) is 0.388. The van der Waals surface area contributed by atoms with Gasteiger partial charge >= 0.3 is 0 Å². The quantitative estimate of drug-likeness (QED) is 0.0481. The van der Waals surface area contributed by atoms with Crippen LogP contribution in [0.1, 0.15) is 113 Å². The van der Waals surface area contributed by atoms with Gasteiger partial charge in [0.15, 0.2) is 0 Å². The van der Waals surface area contributed by atoms with Gasteiger partial charge < -0.3 is 35.8 Å². The number of anilines is 2. The molecule has 0 spiro atoms. The summed E-state index contributed by atoms with van der Waals surface area (Å²) in [4.78, 5) is 22.8. The van der Waals surface area contributed by atoms with Gasteiger partial charge in [-0.2, -0.15) is 0 Å². The number of aliphatic hydroxyl groups excluding tert-OH is 1. The van der Waals surface area contributed by atoms with Crippen LogP contribution in [-0.4, -0.2) is 135 Å². The van der Waals surface area contributed by atoms with Crippen LogP contribution < -0.4 is 15.4 Å². The van der Waals surface area contributed by atoms with Crippen molar-refractivity contribution in [3.63, 3.8) is 0 Å². The molecule has 0 atom stereocenters. The van der Waals surface area contributed by atoms with E-state index in [4.69, 9.17) is 9.84 Å². The predicted octanol–water partition coefficient (Wildman–Crippen LogP) is 15.6. The number of aryl methyl sites for hydroxylation is 5. The average Bonchev–Trinajstić information content (AvgIpc) is 0.826. The number of piperidine rings is 4. The van der Waals surface area contributed by atoms with Crippen LogP contribution in [0.3, 0.4) is 0 Å². The topological polar surface area (TPSA) is 154 Å². The molecule has 4 aliphatic rings. The first kappa shape index (κ1) is 76.4. The maximum atomic E-state index is 11.1. The molecule has 8 aromatic carbocycles. The number of alkyl halides is 1. The molecule has 4 fully saturated rings. The lowest BCUT2D eigenvalue weighted by molar-refractivity contribution is -0.121. The van der Waals surface area contributed by atoms with Crippen LogP contribution in [0.4, 0.5) is 11.4 Å². The highest BCUT2D eigenvalue weighted by molar-refractivity contribution is 9.08. The van der Waals surface area contributed by atoms with Gasteiger partial charge in [0.1, 0.15) is 18.1 Å². The van der Waals surface area contributed by atoms with Crippen LogP contribution in [0, 0.1) is 34.6 Å². The molecule has 13 heteroatoms. The number of carbonyl (C=O) groups excluding carboxylic acids is 1. The number of ketones is 1. The number of nitrogens with one attached hydrogen (secondary N) is 2. The Morgan fingerprint density at radius 2 is 0.888 bits per heavy atom. The first-order valence-corrected chi connectivity index (χ1v) is 36.3. The van der Waals surface area contributed by atoms with Gasteiger partial charge in [-0.15, -0.1) is 0 Å². The lowest BCUT2D eigenvalue weighted by Gasteiger charge is -2.38. The second kappa shape index (κ2) is 39.4. The number of rotatable bonds is 17. The minimum Gasteiger partial charge on any atom is -0.492 e. The molecule has 0 bridgehead atoms. The van der Waals surface area contributed by atoms with Gasteiger partial charge in [0.05, 0.1) is 22.3 Å². The third kappa shape index (κ3) is 26.4. The summed E-state index contributed by atoms with van der Waals surface area (Å²) in [6, 6.07) is 73.2. The summed E-state index contributed by atoms with van der Waals surface area (Å²) < 4.78 is 6.10. The summed E-state index contributed by atoms with van der Waals surface area (Å²) in [5.74, 6) is 1.26. The Morgan fingerprint density at radius 3 is 1.37 bits per heavy atom. The Morgan fingerprint density at radius 1 is 0.469 bits per heavy atom. The van der Waals surface area contributed by atoms with Crippen molar-refractivity contribution in [3.8, 4) is 5.75 Å². The first-order valence-electron chi connectivity index (χ1n) is 35.2. The minimum atomic E-state index is -0.610. The molecule has 12 nitrogen and oxygen atoms in total. The fourth-order valence-electron chi connectivity index (χ4n) is 13.3. The number of aromatic nitrogens is 1. The molecular weight excluding hydrogens is 1280 g/mol. The van der Waals surface area contributed by atoms with E-state index in [1.54, 1.807) is 0 Å². The zero-order chi connectivity index (χ0) is 69.6. The molecule has 520 valence electrons. The summed E-state index contributed by atoms with van der Waals surface area (Å²) in [5.41, 5.74) is 15.2. The zero-order valence-corrected chi connectivity index (χ0v) is 60.5. The van der Waals surface area contributed by atoms with Crippen LogP contribution in [0.2, 0.25) is 0 Å². The van der Waals surface area contributed by atoms with Crippen molar-refractivity contribution in [1.82, 2.24) is 25.0 Å². The van der Waals surface area contributed by atoms with Crippen molar-refractivity contribution in [2.75, 3.05) is 77.9 Å². The van der Waals surface area contributed by atoms with Crippen molar-refractivity contribution in [1.29, 1.82) is 0 Å². The average molecular weight is 1390 g/mol. The number of benzene rings is 8. The third-order valence-electron chi connectivity index (χ3n) is 18.7. The second-order valence-electron chi connectivity index (χ2n) is 27.3. The van der Waals surface area contributed by atoms with Crippen LogP contribution in [0.5, 0.6) is 5.75 Å². The number of carbonyl (C=O) groups is 1. The Hall–Kier alpha value is -7.40. The molecule has 13 rings (SSSR count). The number of halogens is 1.